The summed E-state index contributed by atoms with van der Waals surface area (Å²) < 4.78 is 1.68. The fourth-order valence-corrected chi connectivity index (χ4v) is 1.49. The van der Waals surface area contributed by atoms with Gasteiger partial charge in [-0.1, -0.05) is 0 Å². The lowest BCUT2D eigenvalue weighted by Crippen LogP contribution is -2.46. The number of urea groups is 1. The summed E-state index contributed by atoms with van der Waals surface area (Å²) in [5, 5.41) is 26.4. The van der Waals surface area contributed by atoms with E-state index in [1.165, 1.54) is 0 Å². The fourth-order valence-electron chi connectivity index (χ4n) is 1.49. The molecule has 0 aliphatic heterocycles. The van der Waals surface area contributed by atoms with Crippen LogP contribution in [0.4, 0.5) is 4.79 Å². The van der Waals surface area contributed by atoms with Gasteiger partial charge in [-0.05, 0) is 6.92 Å². The number of rotatable bonds is 6. The van der Waals surface area contributed by atoms with Gasteiger partial charge >= 0.3 is 12.0 Å². The van der Waals surface area contributed by atoms with Crippen LogP contribution < -0.4 is 10.6 Å². The summed E-state index contributed by atoms with van der Waals surface area (Å²) in [5.74, 6) is -1.18. The molecule has 0 fully saturated rings. The Labute approximate surface area is 110 Å². The molecule has 1 heterocycles. The first-order chi connectivity index (χ1) is 8.95. The van der Waals surface area contributed by atoms with Gasteiger partial charge in [0.15, 0.2) is 0 Å². The summed E-state index contributed by atoms with van der Waals surface area (Å²) in [6.45, 7) is 1.82. The minimum Gasteiger partial charge on any atom is -0.480 e. The third kappa shape index (κ3) is 4.25. The number of carboxylic acids is 1. The van der Waals surface area contributed by atoms with Gasteiger partial charge in [0.1, 0.15) is 6.04 Å². The number of aliphatic hydroxyl groups is 1. The van der Waals surface area contributed by atoms with Crippen LogP contribution in [0.5, 0.6) is 0 Å². The summed E-state index contributed by atoms with van der Waals surface area (Å²) in [6.07, 6.45) is 1.60. The van der Waals surface area contributed by atoms with Crippen molar-refractivity contribution >= 4 is 12.0 Å². The topological polar surface area (TPSA) is 116 Å². The Balaban J connectivity index is 2.47. The number of aliphatic carboxylic acids is 1. The maximum atomic E-state index is 11.5. The highest BCUT2D eigenvalue weighted by molar-refractivity contribution is 5.82. The molecule has 0 aliphatic carbocycles. The summed E-state index contributed by atoms with van der Waals surface area (Å²) in [7, 11) is 1.79. The molecule has 1 atom stereocenters. The number of nitrogens with one attached hydrogen (secondary N) is 2. The highest BCUT2D eigenvalue weighted by Crippen LogP contribution is 2.04. The van der Waals surface area contributed by atoms with Gasteiger partial charge in [0, 0.05) is 37.9 Å². The maximum absolute atomic E-state index is 11.5. The Hall–Kier alpha value is -2.09. The van der Waals surface area contributed by atoms with Gasteiger partial charge in [-0.2, -0.15) is 5.10 Å². The Morgan fingerprint density at radius 1 is 1.53 bits per heavy atom. The molecule has 1 aromatic rings. The van der Waals surface area contributed by atoms with Crippen molar-refractivity contribution in [2.24, 2.45) is 7.05 Å². The van der Waals surface area contributed by atoms with E-state index in [1.54, 1.807) is 17.9 Å². The van der Waals surface area contributed by atoms with Gasteiger partial charge in [0.2, 0.25) is 0 Å². The van der Waals surface area contributed by atoms with Gasteiger partial charge in [-0.25, -0.2) is 9.59 Å². The van der Waals surface area contributed by atoms with Crippen molar-refractivity contribution in [3.05, 3.63) is 17.5 Å². The normalized spacial score (nSPS) is 11.9. The highest BCUT2D eigenvalue weighted by atomic mass is 16.4. The molecule has 1 unspecified atom stereocenters. The lowest BCUT2D eigenvalue weighted by molar-refractivity contribution is -0.139. The highest BCUT2D eigenvalue weighted by Gasteiger charge is 2.19. The van der Waals surface area contributed by atoms with Crippen molar-refractivity contribution < 1.29 is 19.8 Å². The smallest absolute Gasteiger partial charge is 0.326 e. The van der Waals surface area contributed by atoms with Gasteiger partial charge < -0.3 is 20.8 Å². The van der Waals surface area contributed by atoms with Crippen LogP contribution in [0.25, 0.3) is 0 Å². The number of nitrogens with zero attached hydrogens (tertiary/aromatic N) is 2. The standard InChI is InChI=1S/C11H18N4O4/c1-7-8(6-13-15(7)2)5-12-11(19)14-9(3-4-16)10(17)18/h6,9,16H,3-5H2,1-2H3,(H,17,18)(H2,12,14,19). The number of carbonyl (C=O) groups is 2. The first-order valence-electron chi connectivity index (χ1n) is 5.81. The minimum absolute atomic E-state index is 0.0331. The maximum Gasteiger partial charge on any atom is 0.326 e. The van der Waals surface area contributed by atoms with Crippen LogP contribution in [0.3, 0.4) is 0 Å². The predicted octanol–water partition coefficient (Wildman–Crippen LogP) is -0.637. The molecule has 19 heavy (non-hydrogen) atoms. The molecule has 106 valence electrons. The molecule has 0 aliphatic rings. The molecular weight excluding hydrogens is 252 g/mol. The number of amides is 2. The van der Waals surface area contributed by atoms with E-state index in [-0.39, 0.29) is 19.6 Å². The third-order valence-electron chi connectivity index (χ3n) is 2.80. The zero-order valence-corrected chi connectivity index (χ0v) is 10.9. The molecule has 8 heteroatoms. The number of aliphatic hydroxyl groups excluding tert-OH is 1. The molecule has 4 N–H and O–H groups in total. The lowest BCUT2D eigenvalue weighted by Gasteiger charge is -2.13. The summed E-state index contributed by atoms with van der Waals surface area (Å²) in [4.78, 5) is 22.3. The van der Waals surface area contributed by atoms with Gasteiger partial charge in [-0.15, -0.1) is 0 Å². The SMILES string of the molecule is Cc1c(CNC(=O)NC(CCO)C(=O)O)cnn1C. The number of hydrogen-bond donors (Lipinski definition) is 4. The quantitative estimate of drug-likeness (QED) is 0.549. The molecule has 0 saturated heterocycles. The molecule has 0 aromatic carbocycles. The van der Waals surface area contributed by atoms with Crippen LogP contribution in [0.15, 0.2) is 6.20 Å². The van der Waals surface area contributed by atoms with Gasteiger partial charge in [0.25, 0.3) is 0 Å². The Kier molecular flexibility index (Phi) is 5.31. The first-order valence-corrected chi connectivity index (χ1v) is 5.81. The molecule has 1 rings (SSSR count). The van der Waals surface area contributed by atoms with Crippen molar-refractivity contribution in [3.63, 3.8) is 0 Å². The summed E-state index contributed by atoms with van der Waals surface area (Å²) in [5.41, 5.74) is 1.78. The van der Waals surface area contributed by atoms with Gasteiger partial charge in [-0.3, -0.25) is 4.68 Å². The average Bonchev–Trinajstić information content (AvgIpc) is 2.67. The zero-order chi connectivity index (χ0) is 14.4. The molecule has 2 amide bonds. The molecule has 1 aromatic heterocycles. The number of carboxylic acid groups (broad SMARTS) is 1. The first kappa shape index (κ1) is 15.0. The van der Waals surface area contributed by atoms with E-state index >= 15 is 0 Å². The third-order valence-corrected chi connectivity index (χ3v) is 2.80. The number of aromatic nitrogens is 2. The van der Waals surface area contributed by atoms with E-state index in [9.17, 15) is 9.59 Å². The molecular formula is C11H18N4O4. The van der Waals surface area contributed by atoms with Crippen molar-refractivity contribution in [2.45, 2.75) is 25.9 Å². The monoisotopic (exact) mass is 270 g/mol. The minimum atomic E-state index is -1.18. The van der Waals surface area contributed by atoms with Crippen LogP contribution in [0.2, 0.25) is 0 Å². The second-order valence-corrected chi connectivity index (χ2v) is 4.11. The average molecular weight is 270 g/mol. The van der Waals surface area contributed by atoms with E-state index in [4.69, 9.17) is 10.2 Å². The Bertz CT molecular complexity index is 458. The van der Waals surface area contributed by atoms with E-state index in [0.717, 1.165) is 11.3 Å². The van der Waals surface area contributed by atoms with E-state index in [1.807, 2.05) is 6.92 Å². The zero-order valence-electron chi connectivity index (χ0n) is 10.9. The lowest BCUT2D eigenvalue weighted by atomic mass is 10.2. The van der Waals surface area contributed by atoms with Crippen LogP contribution in [0.1, 0.15) is 17.7 Å². The molecule has 0 radical (unpaired) electrons. The molecule has 0 spiro atoms. The Morgan fingerprint density at radius 3 is 2.68 bits per heavy atom. The van der Waals surface area contributed by atoms with Crippen LogP contribution >= 0.6 is 0 Å². The van der Waals surface area contributed by atoms with Crippen LogP contribution in [-0.2, 0) is 18.4 Å². The summed E-state index contributed by atoms with van der Waals surface area (Å²) in [6, 6.07) is -1.69. The van der Waals surface area contributed by atoms with Crippen molar-refractivity contribution in [1.82, 2.24) is 20.4 Å². The van der Waals surface area contributed by atoms with E-state index in [2.05, 4.69) is 15.7 Å². The Morgan fingerprint density at radius 2 is 2.21 bits per heavy atom. The molecule has 8 nitrogen and oxygen atoms in total. The number of hydrogen-bond acceptors (Lipinski definition) is 4. The number of aryl methyl sites for hydroxylation is 1. The molecule has 0 bridgehead atoms. The second-order valence-electron chi connectivity index (χ2n) is 4.11. The molecule has 0 saturated carbocycles. The predicted molar refractivity (Wildman–Crippen MR) is 66.4 cm³/mol. The summed E-state index contributed by atoms with van der Waals surface area (Å²) >= 11 is 0. The number of carbonyl (C=O) groups excluding carboxylic acids is 1. The van der Waals surface area contributed by atoms with Crippen molar-refractivity contribution in [2.75, 3.05) is 6.61 Å². The van der Waals surface area contributed by atoms with Crippen LogP contribution in [-0.4, -0.2) is 44.6 Å². The largest absolute Gasteiger partial charge is 0.480 e. The second kappa shape index (κ2) is 6.74. The fraction of sp³-hybridized carbons (Fsp3) is 0.545. The van der Waals surface area contributed by atoms with Crippen LogP contribution in [0, 0.1) is 6.92 Å². The van der Waals surface area contributed by atoms with E-state index in [0.29, 0.717) is 0 Å². The van der Waals surface area contributed by atoms with E-state index < -0.39 is 18.0 Å². The van der Waals surface area contributed by atoms with Crippen molar-refractivity contribution in [1.29, 1.82) is 0 Å². The van der Waals surface area contributed by atoms with Gasteiger partial charge in [0.05, 0.1) is 6.20 Å². The van der Waals surface area contributed by atoms with Crippen molar-refractivity contribution in [3.8, 4) is 0 Å².